The van der Waals surface area contributed by atoms with Gasteiger partial charge in [0, 0.05) is 12.4 Å². The maximum absolute atomic E-state index is 9.10. The second-order valence-electron chi connectivity index (χ2n) is 2.20. The molecule has 0 aliphatic heterocycles. The van der Waals surface area contributed by atoms with E-state index in [0.717, 1.165) is 5.69 Å². The quantitative estimate of drug-likeness (QED) is 0.625. The lowest BCUT2D eigenvalue weighted by Gasteiger charge is -2.04. The zero-order valence-electron chi connectivity index (χ0n) is 6.07. The van der Waals surface area contributed by atoms with Crippen LogP contribution in [-0.4, -0.2) is 15.1 Å². The molecule has 0 aromatic carbocycles. The fraction of sp³-hybridized carbons (Fsp3) is 0.429. The van der Waals surface area contributed by atoms with Crippen LogP contribution >= 0.6 is 0 Å². The Bertz CT molecular complexity index is 223. The van der Waals surface area contributed by atoms with Gasteiger partial charge >= 0.3 is 0 Å². The van der Waals surface area contributed by atoms with Crippen LogP contribution in [0.1, 0.15) is 24.4 Å². The van der Waals surface area contributed by atoms with Gasteiger partial charge < -0.3 is 5.11 Å². The number of rotatable bonds is 1. The van der Waals surface area contributed by atoms with E-state index < -0.39 is 6.10 Å². The summed E-state index contributed by atoms with van der Waals surface area (Å²) in [7, 11) is 0. The van der Waals surface area contributed by atoms with Crippen molar-refractivity contribution in [3.05, 3.63) is 23.8 Å². The van der Waals surface area contributed by atoms with Gasteiger partial charge in [0.25, 0.3) is 0 Å². The minimum atomic E-state index is -0.520. The van der Waals surface area contributed by atoms with Gasteiger partial charge in [-0.2, -0.15) is 0 Å². The van der Waals surface area contributed by atoms with Crippen LogP contribution in [0.15, 0.2) is 12.4 Å². The van der Waals surface area contributed by atoms with Crippen molar-refractivity contribution < 1.29 is 5.11 Å². The van der Waals surface area contributed by atoms with Gasteiger partial charge in [-0.1, -0.05) is 0 Å². The predicted molar refractivity (Wildman–Crippen MR) is 37.4 cm³/mol. The summed E-state index contributed by atoms with van der Waals surface area (Å²) in [4.78, 5) is 7.94. The molecular weight excluding hydrogens is 128 g/mol. The standard InChI is InChI=1S/C7H10N2O/c1-5-7(6(2)10)9-4-3-8-5/h3-4,6,10H,1-2H3/t6-/m0/s1. The molecule has 0 fully saturated rings. The van der Waals surface area contributed by atoms with Crippen molar-refractivity contribution in [3.8, 4) is 0 Å². The zero-order chi connectivity index (χ0) is 7.56. The summed E-state index contributed by atoms with van der Waals surface area (Å²) in [5.74, 6) is 0. The van der Waals surface area contributed by atoms with E-state index in [1.165, 1.54) is 0 Å². The molecular formula is C7H10N2O. The Hall–Kier alpha value is -0.960. The maximum Gasteiger partial charge on any atom is 0.0950 e. The van der Waals surface area contributed by atoms with E-state index >= 15 is 0 Å². The number of hydrogen-bond donors (Lipinski definition) is 1. The SMILES string of the molecule is Cc1nccnc1[C@H](C)O. The summed E-state index contributed by atoms with van der Waals surface area (Å²) in [6.45, 7) is 3.51. The lowest BCUT2D eigenvalue weighted by Crippen LogP contribution is -1.99. The van der Waals surface area contributed by atoms with E-state index in [-0.39, 0.29) is 0 Å². The van der Waals surface area contributed by atoms with Crippen LogP contribution in [-0.2, 0) is 0 Å². The van der Waals surface area contributed by atoms with Gasteiger partial charge in [-0.15, -0.1) is 0 Å². The Morgan fingerprint density at radius 1 is 1.40 bits per heavy atom. The average molecular weight is 138 g/mol. The van der Waals surface area contributed by atoms with Crippen molar-refractivity contribution in [2.24, 2.45) is 0 Å². The van der Waals surface area contributed by atoms with Crippen molar-refractivity contribution in [1.29, 1.82) is 0 Å². The molecule has 0 radical (unpaired) electrons. The van der Waals surface area contributed by atoms with Crippen LogP contribution in [0.3, 0.4) is 0 Å². The predicted octanol–water partition coefficient (Wildman–Crippen LogP) is 0.838. The van der Waals surface area contributed by atoms with Crippen LogP contribution in [0.25, 0.3) is 0 Å². The molecule has 0 saturated carbocycles. The first-order valence-electron chi connectivity index (χ1n) is 3.17. The number of aromatic nitrogens is 2. The minimum absolute atomic E-state index is 0.520. The van der Waals surface area contributed by atoms with E-state index in [1.807, 2.05) is 6.92 Å². The molecule has 1 rings (SSSR count). The Labute approximate surface area is 59.8 Å². The number of aryl methyl sites for hydroxylation is 1. The molecule has 3 heteroatoms. The summed E-state index contributed by atoms with van der Waals surface area (Å²) in [5, 5.41) is 9.10. The van der Waals surface area contributed by atoms with Crippen LogP contribution < -0.4 is 0 Å². The molecule has 0 aliphatic carbocycles. The van der Waals surface area contributed by atoms with Gasteiger partial charge in [0.1, 0.15) is 0 Å². The fourth-order valence-electron chi connectivity index (χ4n) is 0.828. The van der Waals surface area contributed by atoms with Gasteiger partial charge in [0.05, 0.1) is 17.5 Å². The van der Waals surface area contributed by atoms with E-state index in [4.69, 9.17) is 5.11 Å². The molecule has 54 valence electrons. The van der Waals surface area contributed by atoms with Gasteiger partial charge in [0.2, 0.25) is 0 Å². The Morgan fingerprint density at radius 2 is 2.00 bits per heavy atom. The lowest BCUT2D eigenvalue weighted by atomic mass is 10.2. The van der Waals surface area contributed by atoms with Gasteiger partial charge in [-0.05, 0) is 13.8 Å². The normalized spacial score (nSPS) is 13.1. The van der Waals surface area contributed by atoms with E-state index in [2.05, 4.69) is 9.97 Å². The highest BCUT2D eigenvalue weighted by Gasteiger charge is 2.04. The summed E-state index contributed by atoms with van der Waals surface area (Å²) in [6, 6.07) is 0. The summed E-state index contributed by atoms with van der Waals surface area (Å²) >= 11 is 0. The van der Waals surface area contributed by atoms with Crippen LogP contribution in [0, 0.1) is 6.92 Å². The second kappa shape index (κ2) is 2.75. The van der Waals surface area contributed by atoms with Crippen molar-refractivity contribution in [3.63, 3.8) is 0 Å². The molecule has 0 aliphatic rings. The summed E-state index contributed by atoms with van der Waals surface area (Å²) in [6.07, 6.45) is 2.67. The Balaban J connectivity index is 3.03. The Morgan fingerprint density at radius 3 is 2.40 bits per heavy atom. The Kier molecular flexibility index (Phi) is 1.97. The molecule has 1 aromatic heterocycles. The largest absolute Gasteiger partial charge is 0.387 e. The topological polar surface area (TPSA) is 46.0 Å². The minimum Gasteiger partial charge on any atom is -0.387 e. The van der Waals surface area contributed by atoms with Crippen molar-refractivity contribution in [2.45, 2.75) is 20.0 Å². The molecule has 0 saturated heterocycles. The molecule has 1 atom stereocenters. The van der Waals surface area contributed by atoms with Gasteiger partial charge in [-0.25, -0.2) is 0 Å². The van der Waals surface area contributed by atoms with Crippen molar-refractivity contribution >= 4 is 0 Å². The number of aliphatic hydroxyl groups excluding tert-OH is 1. The first-order chi connectivity index (χ1) is 4.72. The first-order valence-corrected chi connectivity index (χ1v) is 3.17. The van der Waals surface area contributed by atoms with Crippen LogP contribution in [0.4, 0.5) is 0 Å². The molecule has 1 heterocycles. The summed E-state index contributed by atoms with van der Waals surface area (Å²) in [5.41, 5.74) is 1.44. The van der Waals surface area contributed by atoms with E-state index in [1.54, 1.807) is 19.3 Å². The van der Waals surface area contributed by atoms with Crippen molar-refractivity contribution in [2.75, 3.05) is 0 Å². The van der Waals surface area contributed by atoms with Crippen molar-refractivity contribution in [1.82, 2.24) is 9.97 Å². The second-order valence-corrected chi connectivity index (χ2v) is 2.20. The third kappa shape index (κ3) is 1.30. The van der Waals surface area contributed by atoms with Crippen LogP contribution in [0.2, 0.25) is 0 Å². The zero-order valence-corrected chi connectivity index (χ0v) is 6.07. The summed E-state index contributed by atoms with van der Waals surface area (Å²) < 4.78 is 0. The van der Waals surface area contributed by atoms with Gasteiger partial charge in [-0.3, -0.25) is 9.97 Å². The molecule has 10 heavy (non-hydrogen) atoms. The van der Waals surface area contributed by atoms with E-state index in [9.17, 15) is 0 Å². The number of hydrogen-bond acceptors (Lipinski definition) is 3. The molecule has 1 N–H and O–H groups in total. The molecule has 3 nitrogen and oxygen atoms in total. The highest BCUT2D eigenvalue weighted by atomic mass is 16.3. The lowest BCUT2D eigenvalue weighted by molar-refractivity contribution is 0.193. The number of aliphatic hydroxyl groups is 1. The smallest absolute Gasteiger partial charge is 0.0950 e. The van der Waals surface area contributed by atoms with Crippen LogP contribution in [0.5, 0.6) is 0 Å². The molecule has 0 amide bonds. The molecule has 0 spiro atoms. The maximum atomic E-state index is 9.10. The third-order valence-corrected chi connectivity index (χ3v) is 1.31. The molecule has 0 bridgehead atoms. The van der Waals surface area contributed by atoms with Gasteiger partial charge in [0.15, 0.2) is 0 Å². The number of nitrogens with zero attached hydrogens (tertiary/aromatic N) is 2. The average Bonchev–Trinajstić information content (AvgIpc) is 1.88. The van der Waals surface area contributed by atoms with E-state index in [0.29, 0.717) is 5.69 Å². The third-order valence-electron chi connectivity index (χ3n) is 1.31. The molecule has 1 aromatic rings. The highest BCUT2D eigenvalue weighted by molar-refractivity contribution is 5.10. The fourth-order valence-corrected chi connectivity index (χ4v) is 0.828. The highest BCUT2D eigenvalue weighted by Crippen LogP contribution is 2.09. The monoisotopic (exact) mass is 138 g/mol. The first kappa shape index (κ1) is 7.15. The molecule has 0 unspecified atom stereocenters.